The van der Waals surface area contributed by atoms with Crippen molar-refractivity contribution >= 4 is 17.3 Å². The van der Waals surface area contributed by atoms with Gasteiger partial charge in [0.1, 0.15) is 0 Å². The van der Waals surface area contributed by atoms with Crippen LogP contribution in [-0.4, -0.2) is 43.8 Å². The summed E-state index contributed by atoms with van der Waals surface area (Å²) in [6.45, 7) is 1.67. The highest BCUT2D eigenvalue weighted by molar-refractivity contribution is 6.30. The molecule has 100 valence electrons. The highest BCUT2D eigenvalue weighted by Crippen LogP contribution is 2.21. The Morgan fingerprint density at radius 2 is 1.50 bits per heavy atom. The van der Waals surface area contributed by atoms with E-state index >= 15 is 0 Å². The van der Waals surface area contributed by atoms with E-state index in [0.29, 0.717) is 31.2 Å². The molecule has 1 heterocycles. The van der Waals surface area contributed by atoms with Crippen molar-refractivity contribution in [3.63, 3.8) is 0 Å². The van der Waals surface area contributed by atoms with E-state index in [1.54, 1.807) is 12.1 Å². The van der Waals surface area contributed by atoms with Gasteiger partial charge in [-0.3, -0.25) is 4.90 Å². The van der Waals surface area contributed by atoms with Gasteiger partial charge in [-0.15, -0.1) is 0 Å². The first-order valence-corrected chi connectivity index (χ1v) is 6.12. The normalized spacial score (nSPS) is 19.3. The first-order valence-electron chi connectivity index (χ1n) is 5.75. The third-order valence-electron chi connectivity index (χ3n) is 3.06. The lowest BCUT2D eigenvalue weighted by Crippen LogP contribution is -2.51. The SMILES string of the molecule is FC(F)C(F)N1CCN(c2ccc(Cl)cc2)CC1. The number of rotatable bonds is 3. The maximum Gasteiger partial charge on any atom is 0.282 e. The van der Waals surface area contributed by atoms with E-state index in [2.05, 4.69) is 0 Å². The maximum atomic E-state index is 13.1. The van der Waals surface area contributed by atoms with Gasteiger partial charge in [0.15, 0.2) is 0 Å². The zero-order valence-electron chi connectivity index (χ0n) is 9.70. The molecule has 0 radical (unpaired) electrons. The van der Waals surface area contributed by atoms with Crippen LogP contribution in [0.3, 0.4) is 0 Å². The standard InChI is InChI=1S/C12H14ClF3N2/c13-9-1-3-10(4-2-9)17-5-7-18(8-6-17)12(16)11(14)15/h1-4,11-12H,5-8H2. The molecule has 1 aromatic rings. The van der Waals surface area contributed by atoms with Crippen LogP contribution in [0.4, 0.5) is 18.9 Å². The lowest BCUT2D eigenvalue weighted by Gasteiger charge is -2.37. The Labute approximate surface area is 109 Å². The molecule has 1 atom stereocenters. The van der Waals surface area contributed by atoms with Crippen LogP contribution in [0.2, 0.25) is 5.02 Å². The zero-order valence-corrected chi connectivity index (χ0v) is 10.5. The van der Waals surface area contributed by atoms with Gasteiger partial charge in [0, 0.05) is 36.9 Å². The topological polar surface area (TPSA) is 6.48 Å². The number of halogens is 4. The second kappa shape index (κ2) is 5.80. The van der Waals surface area contributed by atoms with E-state index in [1.165, 1.54) is 4.90 Å². The van der Waals surface area contributed by atoms with Gasteiger partial charge in [-0.05, 0) is 24.3 Å². The van der Waals surface area contributed by atoms with Crippen molar-refractivity contribution in [2.45, 2.75) is 12.7 Å². The molecule has 1 saturated heterocycles. The fraction of sp³-hybridized carbons (Fsp3) is 0.500. The molecule has 0 spiro atoms. The quantitative estimate of drug-likeness (QED) is 0.784. The third-order valence-corrected chi connectivity index (χ3v) is 3.31. The molecule has 0 amide bonds. The first-order chi connectivity index (χ1) is 8.58. The van der Waals surface area contributed by atoms with Gasteiger partial charge in [0.25, 0.3) is 6.43 Å². The van der Waals surface area contributed by atoms with Gasteiger partial charge in [0.05, 0.1) is 0 Å². The van der Waals surface area contributed by atoms with Gasteiger partial charge < -0.3 is 4.90 Å². The van der Waals surface area contributed by atoms with E-state index in [4.69, 9.17) is 11.6 Å². The number of anilines is 1. The average molecular weight is 279 g/mol. The van der Waals surface area contributed by atoms with Crippen LogP contribution in [0, 0.1) is 0 Å². The molecule has 2 rings (SSSR count). The Balaban J connectivity index is 1.92. The highest BCUT2D eigenvalue weighted by atomic mass is 35.5. The van der Waals surface area contributed by atoms with E-state index in [1.807, 2.05) is 17.0 Å². The minimum absolute atomic E-state index is 0.300. The van der Waals surface area contributed by atoms with E-state index in [9.17, 15) is 13.2 Å². The van der Waals surface area contributed by atoms with E-state index < -0.39 is 12.7 Å². The summed E-state index contributed by atoms with van der Waals surface area (Å²) in [6.07, 6.45) is -5.09. The summed E-state index contributed by atoms with van der Waals surface area (Å²) in [5, 5.41) is 0.652. The Bertz CT molecular complexity index is 377. The van der Waals surface area contributed by atoms with Crippen molar-refractivity contribution in [3.05, 3.63) is 29.3 Å². The van der Waals surface area contributed by atoms with Crippen LogP contribution in [0.25, 0.3) is 0 Å². The molecular weight excluding hydrogens is 265 g/mol. The van der Waals surface area contributed by atoms with Crippen molar-refractivity contribution in [2.75, 3.05) is 31.1 Å². The lowest BCUT2D eigenvalue weighted by molar-refractivity contribution is -0.0505. The maximum absolute atomic E-state index is 13.1. The second-order valence-electron chi connectivity index (χ2n) is 4.21. The second-order valence-corrected chi connectivity index (χ2v) is 4.64. The molecule has 2 nitrogen and oxygen atoms in total. The summed E-state index contributed by atoms with van der Waals surface area (Å²) in [4.78, 5) is 3.21. The minimum Gasteiger partial charge on any atom is -0.369 e. The summed E-state index contributed by atoms with van der Waals surface area (Å²) < 4.78 is 37.6. The van der Waals surface area contributed by atoms with Gasteiger partial charge in [0.2, 0.25) is 6.30 Å². The minimum atomic E-state index is -2.94. The monoisotopic (exact) mass is 278 g/mol. The van der Waals surface area contributed by atoms with Crippen LogP contribution in [0.5, 0.6) is 0 Å². The summed E-state index contributed by atoms with van der Waals surface area (Å²) in [5.74, 6) is 0. The van der Waals surface area contributed by atoms with Crippen LogP contribution < -0.4 is 4.90 Å². The predicted octanol–water partition coefficient (Wildman–Crippen LogP) is 3.02. The molecule has 0 aromatic heterocycles. The van der Waals surface area contributed by atoms with Crippen molar-refractivity contribution < 1.29 is 13.2 Å². The van der Waals surface area contributed by atoms with Crippen molar-refractivity contribution in [1.29, 1.82) is 0 Å². The molecule has 1 aliphatic rings. The lowest BCUT2D eigenvalue weighted by atomic mass is 10.2. The van der Waals surface area contributed by atoms with Crippen molar-refractivity contribution in [3.8, 4) is 0 Å². The van der Waals surface area contributed by atoms with Gasteiger partial charge in [-0.2, -0.15) is 0 Å². The van der Waals surface area contributed by atoms with Crippen molar-refractivity contribution in [1.82, 2.24) is 4.90 Å². The van der Waals surface area contributed by atoms with E-state index in [0.717, 1.165) is 5.69 Å². The predicted molar refractivity (Wildman–Crippen MR) is 66.1 cm³/mol. The zero-order chi connectivity index (χ0) is 13.1. The Morgan fingerprint density at radius 1 is 0.944 bits per heavy atom. The van der Waals surface area contributed by atoms with Gasteiger partial charge >= 0.3 is 0 Å². The molecule has 0 bridgehead atoms. The van der Waals surface area contributed by atoms with Gasteiger partial charge in [-0.25, -0.2) is 13.2 Å². The Kier molecular flexibility index (Phi) is 4.35. The molecule has 0 N–H and O–H groups in total. The summed E-state index contributed by atoms with van der Waals surface area (Å²) in [6, 6.07) is 7.30. The fourth-order valence-corrected chi connectivity index (χ4v) is 2.16. The average Bonchev–Trinajstić information content (AvgIpc) is 2.39. The number of benzene rings is 1. The number of alkyl halides is 3. The van der Waals surface area contributed by atoms with Crippen LogP contribution in [0.15, 0.2) is 24.3 Å². The molecule has 0 saturated carbocycles. The van der Waals surface area contributed by atoms with Crippen LogP contribution in [0.1, 0.15) is 0 Å². The number of hydrogen-bond donors (Lipinski definition) is 0. The molecule has 6 heteroatoms. The highest BCUT2D eigenvalue weighted by Gasteiger charge is 2.29. The smallest absolute Gasteiger partial charge is 0.282 e. The van der Waals surface area contributed by atoms with Crippen LogP contribution >= 0.6 is 11.6 Å². The van der Waals surface area contributed by atoms with Crippen LogP contribution in [-0.2, 0) is 0 Å². The largest absolute Gasteiger partial charge is 0.369 e. The molecular formula is C12H14ClF3N2. The molecule has 1 aromatic carbocycles. The van der Waals surface area contributed by atoms with Gasteiger partial charge in [-0.1, -0.05) is 11.6 Å². The third kappa shape index (κ3) is 3.09. The summed E-state index contributed by atoms with van der Waals surface area (Å²) in [5.41, 5.74) is 0.978. The fourth-order valence-electron chi connectivity index (χ4n) is 2.04. The molecule has 1 fully saturated rings. The van der Waals surface area contributed by atoms with E-state index in [-0.39, 0.29) is 0 Å². The van der Waals surface area contributed by atoms with Crippen molar-refractivity contribution in [2.24, 2.45) is 0 Å². The summed E-state index contributed by atoms with van der Waals surface area (Å²) in [7, 11) is 0. The number of hydrogen-bond acceptors (Lipinski definition) is 2. The number of nitrogens with zero attached hydrogens (tertiary/aromatic N) is 2. The molecule has 18 heavy (non-hydrogen) atoms. The molecule has 1 unspecified atom stereocenters. The summed E-state index contributed by atoms with van der Waals surface area (Å²) >= 11 is 5.79. The first kappa shape index (κ1) is 13.5. The Hall–Kier alpha value is -0.940. The Morgan fingerprint density at radius 3 is 2.00 bits per heavy atom. The number of piperazine rings is 1. The molecule has 0 aliphatic carbocycles. The molecule has 1 aliphatic heterocycles.